The van der Waals surface area contributed by atoms with Crippen molar-refractivity contribution < 1.29 is 14.4 Å². The van der Waals surface area contributed by atoms with E-state index in [1.54, 1.807) is 25.3 Å². The largest absolute Gasteiger partial charge is 0.454 e. The number of thiazole rings is 1. The number of rotatable bonds is 3. The summed E-state index contributed by atoms with van der Waals surface area (Å²) >= 11 is 1.52. The summed E-state index contributed by atoms with van der Waals surface area (Å²) in [5.74, 6) is 1.40. The van der Waals surface area contributed by atoms with Gasteiger partial charge < -0.3 is 9.47 Å². The smallest absolute Gasteiger partial charge is 0.272 e. The van der Waals surface area contributed by atoms with Gasteiger partial charge in [0.15, 0.2) is 11.5 Å². The predicted octanol–water partition coefficient (Wildman–Crippen LogP) is 4.29. The fourth-order valence-electron chi connectivity index (χ4n) is 3.82. The Morgan fingerprint density at radius 1 is 1.23 bits per heavy atom. The number of fused-ring (bicyclic) bond motifs is 2. The van der Waals surface area contributed by atoms with Crippen molar-refractivity contribution in [2.75, 3.05) is 11.8 Å². The number of nitro benzene ring substituents is 1. The van der Waals surface area contributed by atoms with Gasteiger partial charge in [-0.25, -0.2) is 9.99 Å². The Labute approximate surface area is 176 Å². The molecule has 5 rings (SSSR count). The Hall–Kier alpha value is -3.46. The van der Waals surface area contributed by atoms with E-state index >= 15 is 0 Å². The van der Waals surface area contributed by atoms with Gasteiger partial charge in [0.25, 0.3) is 5.69 Å². The van der Waals surface area contributed by atoms with Crippen LogP contribution in [0.15, 0.2) is 47.0 Å². The van der Waals surface area contributed by atoms with Crippen molar-refractivity contribution in [2.24, 2.45) is 5.10 Å². The lowest BCUT2D eigenvalue weighted by molar-refractivity contribution is -0.385. The summed E-state index contributed by atoms with van der Waals surface area (Å²) in [7, 11) is 0. The third kappa shape index (κ3) is 3.07. The second kappa shape index (κ2) is 7.10. The molecule has 1 aromatic heterocycles. The molecular weight excluding hydrogens is 404 g/mol. The van der Waals surface area contributed by atoms with Crippen molar-refractivity contribution in [2.45, 2.75) is 26.3 Å². The maximum atomic E-state index is 11.3. The Morgan fingerprint density at radius 2 is 2.03 bits per heavy atom. The molecule has 0 spiro atoms. The van der Waals surface area contributed by atoms with Crippen LogP contribution in [-0.4, -0.2) is 28.5 Å². The average Bonchev–Trinajstić information content (AvgIpc) is 3.37. The first-order chi connectivity index (χ1) is 14.5. The number of aryl methyl sites for hydroxylation is 1. The molecule has 152 valence electrons. The summed E-state index contributed by atoms with van der Waals surface area (Å²) in [5.41, 5.74) is 4.21. The molecule has 0 saturated heterocycles. The van der Waals surface area contributed by atoms with Gasteiger partial charge in [0.05, 0.1) is 16.7 Å². The Bertz CT molecular complexity index is 1180. The summed E-state index contributed by atoms with van der Waals surface area (Å²) in [4.78, 5) is 15.3. The second-order valence-corrected chi connectivity index (χ2v) is 8.16. The van der Waals surface area contributed by atoms with E-state index < -0.39 is 0 Å². The highest BCUT2D eigenvalue weighted by atomic mass is 32.1. The summed E-state index contributed by atoms with van der Waals surface area (Å²) in [6, 6.07) is 9.10. The molecule has 1 atom stereocenters. The molecular formula is C21H18N4O4S. The molecule has 0 aliphatic carbocycles. The molecule has 3 heterocycles. The van der Waals surface area contributed by atoms with E-state index in [-0.39, 0.29) is 23.4 Å². The number of benzene rings is 2. The Morgan fingerprint density at radius 3 is 2.73 bits per heavy atom. The van der Waals surface area contributed by atoms with Crippen LogP contribution in [0.25, 0.3) is 0 Å². The van der Waals surface area contributed by atoms with E-state index in [0.29, 0.717) is 11.3 Å². The number of aromatic nitrogens is 1. The van der Waals surface area contributed by atoms with E-state index in [9.17, 15) is 10.1 Å². The summed E-state index contributed by atoms with van der Waals surface area (Å²) < 4.78 is 11.2. The SMILES string of the molecule is Cc1cc(C2=NN(c3nccs3)C(C)Cc3cc4c(cc32)OCO4)ccc1[N+](=O)[O-]. The van der Waals surface area contributed by atoms with Crippen molar-refractivity contribution in [3.63, 3.8) is 0 Å². The third-order valence-electron chi connectivity index (χ3n) is 5.28. The molecule has 2 aromatic carbocycles. The third-order valence-corrected chi connectivity index (χ3v) is 6.04. The first kappa shape index (κ1) is 18.6. The lowest BCUT2D eigenvalue weighted by Gasteiger charge is -2.22. The van der Waals surface area contributed by atoms with Crippen LogP contribution in [0.1, 0.15) is 29.2 Å². The minimum absolute atomic E-state index is 0.0620. The highest BCUT2D eigenvalue weighted by molar-refractivity contribution is 7.13. The van der Waals surface area contributed by atoms with Gasteiger partial charge in [-0.3, -0.25) is 10.1 Å². The van der Waals surface area contributed by atoms with Crippen LogP contribution in [0, 0.1) is 17.0 Å². The van der Waals surface area contributed by atoms with Gasteiger partial charge in [-0.1, -0.05) is 0 Å². The number of nitro groups is 1. The summed E-state index contributed by atoms with van der Waals surface area (Å²) in [6.07, 6.45) is 2.50. The van der Waals surface area contributed by atoms with Crippen molar-refractivity contribution >= 4 is 27.9 Å². The van der Waals surface area contributed by atoms with Gasteiger partial charge in [0.1, 0.15) is 0 Å². The van der Waals surface area contributed by atoms with Crippen LogP contribution in [-0.2, 0) is 6.42 Å². The highest BCUT2D eigenvalue weighted by Crippen LogP contribution is 2.38. The van der Waals surface area contributed by atoms with Gasteiger partial charge in [-0.05, 0) is 50.1 Å². The quantitative estimate of drug-likeness (QED) is 0.462. The minimum Gasteiger partial charge on any atom is -0.454 e. The van der Waals surface area contributed by atoms with Crippen molar-refractivity contribution in [1.29, 1.82) is 0 Å². The normalized spacial score (nSPS) is 17.3. The predicted molar refractivity (Wildman–Crippen MR) is 114 cm³/mol. The fourth-order valence-corrected chi connectivity index (χ4v) is 4.51. The maximum Gasteiger partial charge on any atom is 0.272 e. The minimum atomic E-state index is -0.371. The molecule has 0 amide bonds. The maximum absolute atomic E-state index is 11.3. The molecule has 2 aliphatic rings. The molecule has 0 fully saturated rings. The van der Waals surface area contributed by atoms with E-state index in [4.69, 9.17) is 14.6 Å². The monoisotopic (exact) mass is 422 g/mol. The number of hydrogen-bond acceptors (Lipinski definition) is 8. The molecule has 0 radical (unpaired) electrons. The fraction of sp³-hybridized carbons (Fsp3) is 0.238. The number of anilines is 1. The molecule has 30 heavy (non-hydrogen) atoms. The van der Waals surface area contributed by atoms with Crippen LogP contribution >= 0.6 is 11.3 Å². The number of ether oxygens (including phenoxy) is 2. The summed E-state index contributed by atoms with van der Waals surface area (Å²) in [6.45, 7) is 4.03. The molecule has 2 aliphatic heterocycles. The zero-order valence-corrected chi connectivity index (χ0v) is 17.2. The molecule has 1 unspecified atom stereocenters. The molecule has 0 saturated carbocycles. The average molecular weight is 422 g/mol. The summed E-state index contributed by atoms with van der Waals surface area (Å²) in [5, 5.41) is 20.9. The van der Waals surface area contributed by atoms with Crippen LogP contribution in [0.3, 0.4) is 0 Å². The molecule has 9 heteroatoms. The van der Waals surface area contributed by atoms with Crippen LogP contribution in [0.4, 0.5) is 10.8 Å². The van der Waals surface area contributed by atoms with E-state index in [0.717, 1.165) is 39.7 Å². The first-order valence-corrected chi connectivity index (χ1v) is 10.3. The molecule has 0 bridgehead atoms. The van der Waals surface area contributed by atoms with Gasteiger partial charge in [0, 0.05) is 34.3 Å². The second-order valence-electron chi connectivity index (χ2n) is 7.28. The van der Waals surface area contributed by atoms with E-state index in [2.05, 4.69) is 11.9 Å². The topological polar surface area (TPSA) is 90.1 Å². The van der Waals surface area contributed by atoms with Gasteiger partial charge in [-0.15, -0.1) is 11.3 Å². The molecule has 0 N–H and O–H groups in total. The number of hydrogen-bond donors (Lipinski definition) is 0. The number of hydrazone groups is 1. The lowest BCUT2D eigenvalue weighted by atomic mass is 9.93. The lowest BCUT2D eigenvalue weighted by Crippen LogP contribution is -2.29. The van der Waals surface area contributed by atoms with Crippen LogP contribution in [0.2, 0.25) is 0 Å². The van der Waals surface area contributed by atoms with Crippen molar-refractivity contribution in [3.8, 4) is 11.5 Å². The van der Waals surface area contributed by atoms with Crippen molar-refractivity contribution in [3.05, 3.63) is 74.3 Å². The zero-order valence-electron chi connectivity index (χ0n) is 16.4. The standard InChI is InChI=1S/C21H18N4O4S/c1-12-7-14(3-4-17(12)25(26)27)20-16-10-19-18(28-11-29-19)9-15(16)8-13(2)24(23-20)21-22-5-6-30-21/h3-7,9-10,13H,8,11H2,1-2H3. The van der Waals surface area contributed by atoms with Gasteiger partial charge in [0.2, 0.25) is 11.9 Å². The van der Waals surface area contributed by atoms with Crippen molar-refractivity contribution in [1.82, 2.24) is 4.98 Å². The molecule has 3 aromatic rings. The van der Waals surface area contributed by atoms with E-state index in [1.165, 1.54) is 17.4 Å². The van der Waals surface area contributed by atoms with Gasteiger partial charge >= 0.3 is 0 Å². The zero-order chi connectivity index (χ0) is 20.8. The highest BCUT2D eigenvalue weighted by Gasteiger charge is 2.29. The number of nitrogens with zero attached hydrogens (tertiary/aromatic N) is 4. The van der Waals surface area contributed by atoms with Gasteiger partial charge in [-0.2, -0.15) is 5.10 Å². The first-order valence-electron chi connectivity index (χ1n) is 9.47. The van der Waals surface area contributed by atoms with E-state index in [1.807, 2.05) is 22.5 Å². The Kier molecular flexibility index (Phi) is 4.39. The van der Waals surface area contributed by atoms with Crippen LogP contribution in [0.5, 0.6) is 11.5 Å². The van der Waals surface area contributed by atoms with Crippen LogP contribution < -0.4 is 14.5 Å². The molecule has 8 nitrogen and oxygen atoms in total. The Balaban J connectivity index is 1.71.